The smallest absolute Gasteiger partial charge is 0.317 e. The number of nitrogens with zero attached hydrogens (tertiary/aromatic N) is 1. The molecule has 0 bridgehead atoms. The predicted octanol–water partition coefficient (Wildman–Crippen LogP) is 2.73. The van der Waals surface area contributed by atoms with Crippen molar-refractivity contribution in [3.63, 3.8) is 0 Å². The van der Waals surface area contributed by atoms with Crippen molar-refractivity contribution in [3.05, 3.63) is 35.6 Å². The maximum atomic E-state index is 13.2. The van der Waals surface area contributed by atoms with Crippen LogP contribution in [0.15, 0.2) is 24.3 Å². The second kappa shape index (κ2) is 5.38. The van der Waals surface area contributed by atoms with E-state index in [0.717, 1.165) is 18.5 Å². The summed E-state index contributed by atoms with van der Waals surface area (Å²) < 4.78 is 13.2. The van der Waals surface area contributed by atoms with Crippen molar-refractivity contribution in [3.8, 4) is 0 Å². The maximum absolute atomic E-state index is 13.2. The van der Waals surface area contributed by atoms with Crippen molar-refractivity contribution < 1.29 is 9.18 Å². The maximum Gasteiger partial charge on any atom is 0.317 e. The van der Waals surface area contributed by atoms with E-state index in [4.69, 9.17) is 0 Å². The SMILES string of the molecule is CC(C)NC(=O)N1CC[C@H](c2cccc(F)c2)C1. The minimum atomic E-state index is -0.211. The summed E-state index contributed by atoms with van der Waals surface area (Å²) in [5.74, 6) is 0.0381. The fourth-order valence-electron chi connectivity index (χ4n) is 2.32. The molecule has 1 N–H and O–H groups in total. The van der Waals surface area contributed by atoms with Gasteiger partial charge in [0.05, 0.1) is 0 Å². The van der Waals surface area contributed by atoms with E-state index in [0.29, 0.717) is 6.54 Å². The third kappa shape index (κ3) is 3.00. The van der Waals surface area contributed by atoms with E-state index < -0.39 is 0 Å². The van der Waals surface area contributed by atoms with Crippen LogP contribution >= 0.6 is 0 Å². The first-order chi connectivity index (χ1) is 8.56. The Hall–Kier alpha value is -1.58. The van der Waals surface area contributed by atoms with Gasteiger partial charge in [-0.3, -0.25) is 0 Å². The van der Waals surface area contributed by atoms with E-state index >= 15 is 0 Å². The van der Waals surface area contributed by atoms with Crippen molar-refractivity contribution in [2.45, 2.75) is 32.2 Å². The third-order valence-electron chi connectivity index (χ3n) is 3.21. The van der Waals surface area contributed by atoms with Crippen LogP contribution < -0.4 is 5.32 Å². The Bertz CT molecular complexity index is 434. The number of nitrogens with one attached hydrogen (secondary N) is 1. The number of carbonyl (C=O) groups is 1. The average Bonchev–Trinajstić information content (AvgIpc) is 2.77. The number of amides is 2. The van der Waals surface area contributed by atoms with Gasteiger partial charge in [-0.15, -0.1) is 0 Å². The summed E-state index contributed by atoms with van der Waals surface area (Å²) in [5, 5.41) is 2.88. The van der Waals surface area contributed by atoms with Gasteiger partial charge in [-0.25, -0.2) is 9.18 Å². The fraction of sp³-hybridized carbons (Fsp3) is 0.500. The standard InChI is InChI=1S/C14H19FN2O/c1-10(2)16-14(18)17-7-6-12(9-17)11-4-3-5-13(15)8-11/h3-5,8,10,12H,6-7,9H2,1-2H3,(H,16,18)/t12-/m0/s1. The molecule has 1 fully saturated rings. The van der Waals surface area contributed by atoms with Crippen LogP contribution in [-0.4, -0.2) is 30.1 Å². The topological polar surface area (TPSA) is 32.3 Å². The molecule has 1 aliphatic rings. The van der Waals surface area contributed by atoms with Crippen LogP contribution in [0.25, 0.3) is 0 Å². The Morgan fingerprint density at radius 3 is 2.94 bits per heavy atom. The number of halogens is 1. The molecule has 3 nitrogen and oxygen atoms in total. The summed E-state index contributed by atoms with van der Waals surface area (Å²) in [6.07, 6.45) is 0.898. The van der Waals surface area contributed by atoms with Gasteiger partial charge in [0.15, 0.2) is 0 Å². The highest BCUT2D eigenvalue weighted by molar-refractivity contribution is 5.74. The first kappa shape index (κ1) is 12.9. The number of carbonyl (C=O) groups excluding carboxylic acids is 1. The largest absolute Gasteiger partial charge is 0.336 e. The van der Waals surface area contributed by atoms with Gasteiger partial charge in [-0.2, -0.15) is 0 Å². The highest BCUT2D eigenvalue weighted by atomic mass is 19.1. The van der Waals surface area contributed by atoms with Gasteiger partial charge in [0, 0.05) is 25.0 Å². The highest BCUT2D eigenvalue weighted by Crippen LogP contribution is 2.27. The minimum absolute atomic E-state index is 0.0242. The summed E-state index contributed by atoms with van der Waals surface area (Å²) in [7, 11) is 0. The summed E-state index contributed by atoms with van der Waals surface area (Å²) in [5.41, 5.74) is 0.981. The van der Waals surface area contributed by atoms with E-state index in [9.17, 15) is 9.18 Å². The van der Waals surface area contributed by atoms with E-state index in [2.05, 4.69) is 5.32 Å². The summed E-state index contributed by atoms with van der Waals surface area (Å²) in [4.78, 5) is 13.6. The van der Waals surface area contributed by atoms with Crippen LogP contribution in [0.3, 0.4) is 0 Å². The molecule has 0 aliphatic carbocycles. The third-order valence-corrected chi connectivity index (χ3v) is 3.21. The van der Waals surface area contributed by atoms with Gasteiger partial charge in [0.25, 0.3) is 0 Å². The lowest BCUT2D eigenvalue weighted by molar-refractivity contribution is 0.205. The molecule has 1 saturated heterocycles. The van der Waals surface area contributed by atoms with Gasteiger partial charge < -0.3 is 10.2 Å². The lowest BCUT2D eigenvalue weighted by atomic mass is 9.98. The van der Waals surface area contributed by atoms with E-state index in [1.165, 1.54) is 6.07 Å². The molecule has 1 aliphatic heterocycles. The second-order valence-electron chi connectivity index (χ2n) is 5.09. The van der Waals surface area contributed by atoms with Crippen LogP contribution in [0.5, 0.6) is 0 Å². The monoisotopic (exact) mass is 250 g/mol. The molecule has 0 radical (unpaired) electrons. The Morgan fingerprint density at radius 1 is 1.50 bits per heavy atom. The Labute approximate surface area is 107 Å². The first-order valence-electron chi connectivity index (χ1n) is 6.37. The lowest BCUT2D eigenvalue weighted by Gasteiger charge is -2.19. The number of benzene rings is 1. The molecule has 2 rings (SSSR count). The van der Waals surface area contributed by atoms with Gasteiger partial charge in [-0.1, -0.05) is 12.1 Å². The van der Waals surface area contributed by atoms with Gasteiger partial charge in [0.2, 0.25) is 0 Å². The molecule has 1 atom stereocenters. The molecule has 0 saturated carbocycles. The first-order valence-corrected chi connectivity index (χ1v) is 6.37. The quantitative estimate of drug-likeness (QED) is 0.860. The zero-order valence-electron chi connectivity index (χ0n) is 10.8. The van der Waals surface area contributed by atoms with Gasteiger partial charge >= 0.3 is 6.03 Å². The number of urea groups is 1. The van der Waals surface area contributed by atoms with Crippen molar-refractivity contribution >= 4 is 6.03 Å². The summed E-state index contributed by atoms with van der Waals surface area (Å²) >= 11 is 0. The van der Waals surface area contributed by atoms with Crippen molar-refractivity contribution in [1.29, 1.82) is 0 Å². The van der Waals surface area contributed by atoms with Crippen LogP contribution in [0, 0.1) is 5.82 Å². The molecule has 0 aromatic heterocycles. The highest BCUT2D eigenvalue weighted by Gasteiger charge is 2.27. The molecular weight excluding hydrogens is 231 g/mol. The molecule has 98 valence electrons. The molecule has 0 unspecified atom stereocenters. The predicted molar refractivity (Wildman–Crippen MR) is 69.0 cm³/mol. The molecule has 0 spiro atoms. The van der Waals surface area contributed by atoms with Crippen LogP contribution in [0.1, 0.15) is 31.7 Å². The summed E-state index contributed by atoms with van der Waals surface area (Å²) in [6.45, 7) is 5.29. The Morgan fingerprint density at radius 2 is 2.28 bits per heavy atom. The molecular formula is C14H19FN2O. The van der Waals surface area contributed by atoms with Gasteiger partial charge in [0.1, 0.15) is 5.82 Å². The van der Waals surface area contributed by atoms with Crippen molar-refractivity contribution in [1.82, 2.24) is 10.2 Å². The second-order valence-corrected chi connectivity index (χ2v) is 5.09. The zero-order chi connectivity index (χ0) is 13.1. The van der Waals surface area contributed by atoms with E-state index in [1.807, 2.05) is 19.9 Å². The van der Waals surface area contributed by atoms with Crippen LogP contribution in [-0.2, 0) is 0 Å². The molecule has 1 heterocycles. The van der Waals surface area contributed by atoms with Crippen LogP contribution in [0.2, 0.25) is 0 Å². The molecule has 1 aromatic rings. The Balaban J connectivity index is 1.98. The van der Waals surface area contributed by atoms with E-state index in [1.54, 1.807) is 17.0 Å². The van der Waals surface area contributed by atoms with Gasteiger partial charge in [-0.05, 0) is 38.0 Å². The van der Waals surface area contributed by atoms with E-state index in [-0.39, 0.29) is 23.8 Å². The lowest BCUT2D eigenvalue weighted by Crippen LogP contribution is -2.41. The zero-order valence-corrected chi connectivity index (χ0v) is 10.8. The average molecular weight is 250 g/mol. The van der Waals surface area contributed by atoms with Crippen molar-refractivity contribution in [2.24, 2.45) is 0 Å². The molecule has 2 amide bonds. The van der Waals surface area contributed by atoms with Crippen molar-refractivity contribution in [2.75, 3.05) is 13.1 Å². The number of rotatable bonds is 2. The summed E-state index contributed by atoms with van der Waals surface area (Å²) in [6, 6.07) is 6.78. The number of hydrogen-bond acceptors (Lipinski definition) is 1. The fourth-order valence-corrected chi connectivity index (χ4v) is 2.32. The molecule has 1 aromatic carbocycles. The normalized spacial score (nSPS) is 19.3. The molecule has 4 heteroatoms. The van der Waals surface area contributed by atoms with Crippen LogP contribution in [0.4, 0.5) is 9.18 Å². The number of likely N-dealkylation sites (tertiary alicyclic amines) is 1. The minimum Gasteiger partial charge on any atom is -0.336 e. The molecule has 18 heavy (non-hydrogen) atoms. The Kier molecular flexibility index (Phi) is 3.84. The number of hydrogen-bond donors (Lipinski definition) is 1.